The van der Waals surface area contributed by atoms with Crippen LogP contribution in [-0.4, -0.2) is 24.0 Å². The standard InChI is InChI=1S/C13H12N2O3/c1-8-7-11(15-12(16)13(17)18-2)9-5-3-4-6-10(9)14-8/h3-7H,1-2H3,(H,14,15,16). The number of pyridine rings is 1. The Kier molecular flexibility index (Phi) is 3.23. The lowest BCUT2D eigenvalue weighted by atomic mass is 10.1. The van der Waals surface area contributed by atoms with Crippen molar-refractivity contribution in [3.63, 3.8) is 0 Å². The zero-order valence-electron chi connectivity index (χ0n) is 10.1. The Morgan fingerprint density at radius 2 is 2.00 bits per heavy atom. The number of nitrogens with one attached hydrogen (secondary N) is 1. The minimum atomic E-state index is -0.923. The number of anilines is 1. The van der Waals surface area contributed by atoms with Gasteiger partial charge in [0.15, 0.2) is 0 Å². The van der Waals surface area contributed by atoms with E-state index >= 15 is 0 Å². The highest BCUT2D eigenvalue weighted by molar-refractivity contribution is 6.37. The molecule has 0 radical (unpaired) electrons. The Labute approximate surface area is 104 Å². The molecule has 0 aliphatic rings. The maximum atomic E-state index is 11.5. The van der Waals surface area contributed by atoms with E-state index in [9.17, 15) is 9.59 Å². The first kappa shape index (κ1) is 12.0. The first-order chi connectivity index (χ1) is 8.61. The van der Waals surface area contributed by atoms with Gasteiger partial charge in [-0.05, 0) is 19.1 Å². The molecule has 0 fully saturated rings. The molecule has 0 unspecified atom stereocenters. The van der Waals surface area contributed by atoms with Crippen LogP contribution < -0.4 is 5.32 Å². The molecule has 0 saturated carbocycles. The van der Waals surface area contributed by atoms with Gasteiger partial charge in [-0.2, -0.15) is 0 Å². The van der Waals surface area contributed by atoms with Crippen molar-refractivity contribution in [2.45, 2.75) is 6.92 Å². The third-order valence-electron chi connectivity index (χ3n) is 2.46. The lowest BCUT2D eigenvalue weighted by Crippen LogP contribution is -2.24. The van der Waals surface area contributed by atoms with E-state index in [1.54, 1.807) is 6.07 Å². The molecule has 1 amide bonds. The van der Waals surface area contributed by atoms with Crippen LogP contribution >= 0.6 is 0 Å². The summed E-state index contributed by atoms with van der Waals surface area (Å²) in [7, 11) is 1.16. The van der Waals surface area contributed by atoms with Gasteiger partial charge in [0.05, 0.1) is 18.3 Å². The number of amides is 1. The molecule has 0 atom stereocenters. The SMILES string of the molecule is COC(=O)C(=O)Nc1cc(C)nc2ccccc12. The van der Waals surface area contributed by atoms with Crippen molar-refractivity contribution in [3.8, 4) is 0 Å². The second-order valence-electron chi connectivity index (χ2n) is 3.77. The number of hydrogen-bond donors (Lipinski definition) is 1. The normalized spacial score (nSPS) is 10.1. The lowest BCUT2D eigenvalue weighted by Gasteiger charge is -2.08. The third kappa shape index (κ3) is 2.29. The molecule has 92 valence electrons. The first-order valence-electron chi connectivity index (χ1n) is 5.37. The van der Waals surface area contributed by atoms with Gasteiger partial charge in [-0.3, -0.25) is 9.78 Å². The molecule has 1 aromatic heterocycles. The number of carbonyl (C=O) groups excluding carboxylic acids is 2. The number of aromatic nitrogens is 1. The summed E-state index contributed by atoms with van der Waals surface area (Å²) < 4.78 is 4.36. The quantitative estimate of drug-likeness (QED) is 0.611. The van der Waals surface area contributed by atoms with E-state index in [0.29, 0.717) is 5.69 Å². The van der Waals surface area contributed by atoms with Crippen LogP contribution in [0.1, 0.15) is 5.69 Å². The van der Waals surface area contributed by atoms with E-state index in [1.807, 2.05) is 31.2 Å². The highest BCUT2D eigenvalue weighted by Crippen LogP contribution is 2.22. The summed E-state index contributed by atoms with van der Waals surface area (Å²) in [5.41, 5.74) is 2.07. The van der Waals surface area contributed by atoms with E-state index in [2.05, 4.69) is 15.0 Å². The number of hydrogen-bond acceptors (Lipinski definition) is 4. The van der Waals surface area contributed by atoms with E-state index in [1.165, 1.54) is 0 Å². The number of esters is 1. The van der Waals surface area contributed by atoms with Crippen LogP contribution in [0.15, 0.2) is 30.3 Å². The van der Waals surface area contributed by atoms with Crippen LogP contribution in [0.2, 0.25) is 0 Å². The predicted octanol–water partition coefficient (Wildman–Crippen LogP) is 1.65. The van der Waals surface area contributed by atoms with Crippen LogP contribution in [0.25, 0.3) is 10.9 Å². The number of para-hydroxylation sites is 1. The topological polar surface area (TPSA) is 68.3 Å². The minimum Gasteiger partial charge on any atom is -0.462 e. The van der Waals surface area contributed by atoms with E-state index in [0.717, 1.165) is 23.7 Å². The van der Waals surface area contributed by atoms with Crippen molar-refractivity contribution in [1.29, 1.82) is 0 Å². The second-order valence-corrected chi connectivity index (χ2v) is 3.77. The van der Waals surface area contributed by atoms with Crippen molar-refractivity contribution < 1.29 is 14.3 Å². The minimum absolute atomic E-state index is 0.550. The Hall–Kier alpha value is -2.43. The molecular weight excluding hydrogens is 232 g/mol. The Balaban J connectivity index is 2.44. The zero-order valence-corrected chi connectivity index (χ0v) is 10.1. The summed E-state index contributed by atoms with van der Waals surface area (Å²) in [4.78, 5) is 26.9. The number of aryl methyl sites for hydroxylation is 1. The molecule has 1 heterocycles. The van der Waals surface area contributed by atoms with Crippen LogP contribution in [0.4, 0.5) is 5.69 Å². The van der Waals surface area contributed by atoms with Gasteiger partial charge in [0.25, 0.3) is 0 Å². The molecule has 2 aromatic rings. The summed E-state index contributed by atoms with van der Waals surface area (Å²) in [5, 5.41) is 3.30. The van der Waals surface area contributed by atoms with Gasteiger partial charge in [0.1, 0.15) is 0 Å². The van der Waals surface area contributed by atoms with Gasteiger partial charge in [0, 0.05) is 11.1 Å². The molecule has 0 spiro atoms. The van der Waals surface area contributed by atoms with Gasteiger partial charge in [-0.15, -0.1) is 0 Å². The van der Waals surface area contributed by atoms with Gasteiger partial charge in [-0.1, -0.05) is 18.2 Å². The molecular formula is C13H12N2O3. The second kappa shape index (κ2) is 4.83. The van der Waals surface area contributed by atoms with Gasteiger partial charge in [0.2, 0.25) is 0 Å². The summed E-state index contributed by atoms with van der Waals surface area (Å²) in [5.74, 6) is -1.72. The molecule has 0 bridgehead atoms. The van der Waals surface area contributed by atoms with E-state index in [-0.39, 0.29) is 0 Å². The highest BCUT2D eigenvalue weighted by Gasteiger charge is 2.15. The largest absolute Gasteiger partial charge is 0.462 e. The lowest BCUT2D eigenvalue weighted by molar-refractivity contribution is -0.150. The fourth-order valence-electron chi connectivity index (χ4n) is 1.68. The van der Waals surface area contributed by atoms with E-state index in [4.69, 9.17) is 0 Å². The maximum Gasteiger partial charge on any atom is 0.396 e. The molecule has 18 heavy (non-hydrogen) atoms. The van der Waals surface area contributed by atoms with Crippen LogP contribution in [0.5, 0.6) is 0 Å². The molecule has 1 N–H and O–H groups in total. The Bertz CT molecular complexity index is 623. The monoisotopic (exact) mass is 244 g/mol. The fraction of sp³-hybridized carbons (Fsp3) is 0.154. The number of carbonyl (C=O) groups is 2. The van der Waals surface area contributed by atoms with Gasteiger partial charge in [-0.25, -0.2) is 4.79 Å². The molecule has 2 rings (SSSR count). The smallest absolute Gasteiger partial charge is 0.396 e. The molecule has 1 aromatic carbocycles. The third-order valence-corrected chi connectivity index (χ3v) is 2.46. The van der Waals surface area contributed by atoms with Gasteiger partial charge >= 0.3 is 11.9 Å². The van der Waals surface area contributed by atoms with Crippen LogP contribution in [0, 0.1) is 6.92 Å². The van der Waals surface area contributed by atoms with Crippen molar-refractivity contribution in [1.82, 2.24) is 4.98 Å². The summed E-state index contributed by atoms with van der Waals surface area (Å²) in [6.45, 7) is 1.82. The number of benzene rings is 1. The first-order valence-corrected chi connectivity index (χ1v) is 5.37. The predicted molar refractivity (Wildman–Crippen MR) is 67.1 cm³/mol. The molecule has 5 nitrogen and oxygen atoms in total. The highest BCUT2D eigenvalue weighted by atomic mass is 16.5. The van der Waals surface area contributed by atoms with Crippen molar-refractivity contribution in [2.24, 2.45) is 0 Å². The number of rotatable bonds is 1. The summed E-state index contributed by atoms with van der Waals surface area (Å²) in [6.07, 6.45) is 0. The average Bonchev–Trinajstić information content (AvgIpc) is 2.37. The van der Waals surface area contributed by atoms with Gasteiger partial charge < -0.3 is 10.1 Å². The molecule has 0 aliphatic heterocycles. The van der Waals surface area contributed by atoms with E-state index < -0.39 is 11.9 Å². The maximum absolute atomic E-state index is 11.5. The number of ether oxygens (including phenoxy) is 1. The fourth-order valence-corrected chi connectivity index (χ4v) is 1.68. The average molecular weight is 244 g/mol. The molecule has 0 saturated heterocycles. The summed E-state index contributed by atoms with van der Waals surface area (Å²) in [6, 6.07) is 9.09. The summed E-state index contributed by atoms with van der Waals surface area (Å²) >= 11 is 0. The van der Waals surface area contributed by atoms with Crippen LogP contribution in [-0.2, 0) is 14.3 Å². The van der Waals surface area contributed by atoms with Crippen molar-refractivity contribution >= 4 is 28.5 Å². The van der Waals surface area contributed by atoms with Crippen molar-refractivity contribution in [2.75, 3.05) is 12.4 Å². The number of fused-ring (bicyclic) bond motifs is 1. The van der Waals surface area contributed by atoms with Crippen LogP contribution in [0.3, 0.4) is 0 Å². The zero-order chi connectivity index (χ0) is 13.1. The Morgan fingerprint density at radius 1 is 1.28 bits per heavy atom. The van der Waals surface area contributed by atoms with Crippen molar-refractivity contribution in [3.05, 3.63) is 36.0 Å². The molecule has 5 heteroatoms. The molecule has 0 aliphatic carbocycles. The number of methoxy groups -OCH3 is 1. The Morgan fingerprint density at radius 3 is 2.72 bits per heavy atom. The number of nitrogens with zero attached hydrogens (tertiary/aromatic N) is 1.